The maximum absolute atomic E-state index is 14.6. The maximum atomic E-state index is 14.6. The molecule has 9 rings (SSSR count). The molecule has 360 valence electrons. The van der Waals surface area contributed by atoms with Crippen LogP contribution in [0.15, 0.2) is 59.5 Å². The number of hydrogen-bond acceptors (Lipinski definition) is 13. The molecule has 3 fully saturated rings. The van der Waals surface area contributed by atoms with Gasteiger partial charge in [0.1, 0.15) is 36.1 Å². The second-order valence-electron chi connectivity index (χ2n) is 19.0. The van der Waals surface area contributed by atoms with E-state index in [1.807, 2.05) is 12.1 Å². The lowest BCUT2D eigenvalue weighted by Gasteiger charge is -2.47. The molecule has 5 aromatic rings. The average molecular weight is 1020 g/mol. The highest BCUT2D eigenvalue weighted by Gasteiger charge is 2.41. The van der Waals surface area contributed by atoms with Gasteiger partial charge in [0.15, 0.2) is 0 Å². The quantitative estimate of drug-likeness (QED) is 0.0444. The number of hydrogen-bond donors (Lipinski definition) is 3. The Labute approximate surface area is 410 Å². The first kappa shape index (κ1) is 48.1. The second kappa shape index (κ2) is 20.2. The topological polar surface area (TPSA) is 175 Å². The Morgan fingerprint density at radius 2 is 1.72 bits per heavy atom. The van der Waals surface area contributed by atoms with E-state index in [2.05, 4.69) is 87.5 Å². The first-order valence-electron chi connectivity index (χ1n) is 23.7. The van der Waals surface area contributed by atoms with Crippen molar-refractivity contribution in [2.45, 2.75) is 83.7 Å². The molecule has 1 spiro atoms. The maximum Gasteiger partial charge on any atom is 0.255 e. The zero-order valence-electron chi connectivity index (χ0n) is 39.5. The van der Waals surface area contributed by atoms with Crippen LogP contribution in [0.4, 0.5) is 33.2 Å². The van der Waals surface area contributed by atoms with Crippen LogP contribution < -0.4 is 30.9 Å². The zero-order chi connectivity index (χ0) is 48.5. The molecule has 0 saturated carbocycles. The number of nitrogens with one attached hydrogen (secondary N) is 3. The van der Waals surface area contributed by atoms with Crippen molar-refractivity contribution in [3.63, 3.8) is 0 Å². The lowest BCUT2D eigenvalue weighted by atomic mass is 9.71. The summed E-state index contributed by atoms with van der Waals surface area (Å²) in [5.41, 5.74) is 6.67. The van der Waals surface area contributed by atoms with E-state index in [0.29, 0.717) is 67.0 Å². The van der Waals surface area contributed by atoms with Gasteiger partial charge in [-0.05, 0) is 142 Å². The minimum atomic E-state index is -2.78. The number of carbonyl (C=O) groups is 3. The van der Waals surface area contributed by atoms with Gasteiger partial charge in [-0.2, -0.15) is 4.98 Å². The zero-order valence-corrected chi connectivity index (χ0v) is 41.9. The number of rotatable bonds is 13. The molecule has 0 aliphatic carbocycles. The number of unbranched alkanes of at least 4 members (excludes halogenated alkanes) is 3. The van der Waals surface area contributed by atoms with Crippen LogP contribution in [0.2, 0.25) is 0 Å². The van der Waals surface area contributed by atoms with Crippen molar-refractivity contribution in [2.24, 2.45) is 5.41 Å². The van der Waals surface area contributed by atoms with E-state index >= 15 is 0 Å². The largest absolute Gasteiger partial charge is 0.494 e. The van der Waals surface area contributed by atoms with Crippen LogP contribution in [-0.4, -0.2) is 107 Å². The Hall–Kier alpha value is -5.95. The van der Waals surface area contributed by atoms with Gasteiger partial charge < -0.3 is 34.6 Å². The van der Waals surface area contributed by atoms with Crippen molar-refractivity contribution in [3.05, 3.63) is 87.5 Å². The first-order chi connectivity index (χ1) is 33.2. The van der Waals surface area contributed by atoms with Crippen molar-refractivity contribution in [2.75, 3.05) is 68.7 Å². The molecule has 4 aliphatic rings. The van der Waals surface area contributed by atoms with Crippen LogP contribution in [0, 0.1) is 30.0 Å². The van der Waals surface area contributed by atoms with Gasteiger partial charge in [-0.1, -0.05) is 18.3 Å². The summed E-state index contributed by atoms with van der Waals surface area (Å²) >= 11 is 3.59. The predicted octanol–water partition coefficient (Wildman–Crippen LogP) is 8.43. The third-order valence-corrected chi connectivity index (χ3v) is 16.2. The molecular weight excluding hydrogens is 963 g/mol. The van der Waals surface area contributed by atoms with Crippen LogP contribution in [0.1, 0.15) is 91.3 Å². The number of halogens is 2. The summed E-state index contributed by atoms with van der Waals surface area (Å²) in [4.78, 5) is 62.0. The minimum absolute atomic E-state index is 0.163. The number of aromatic nitrogens is 4. The van der Waals surface area contributed by atoms with E-state index < -0.39 is 30.8 Å². The fourth-order valence-corrected chi connectivity index (χ4v) is 12.0. The van der Waals surface area contributed by atoms with Crippen molar-refractivity contribution in [1.29, 1.82) is 0 Å². The molecule has 18 heteroatoms. The smallest absolute Gasteiger partial charge is 0.255 e. The number of benzene rings is 3. The Balaban J connectivity index is 0.739. The highest BCUT2D eigenvalue weighted by molar-refractivity contribution is 9.10. The highest BCUT2D eigenvalue weighted by Crippen LogP contribution is 2.45. The molecule has 0 radical (unpaired) electrons. The number of fused-ring (bicyclic) bond motifs is 2. The van der Waals surface area contributed by atoms with Crippen molar-refractivity contribution in [1.82, 2.24) is 35.1 Å². The summed E-state index contributed by atoms with van der Waals surface area (Å²) in [7, 11) is -1.10. The number of imide groups is 1. The molecule has 1 unspecified atom stereocenters. The lowest BCUT2D eigenvalue weighted by molar-refractivity contribution is -0.136. The van der Waals surface area contributed by atoms with Crippen LogP contribution in [0.3, 0.4) is 0 Å². The van der Waals surface area contributed by atoms with Gasteiger partial charge >= 0.3 is 0 Å². The summed E-state index contributed by atoms with van der Waals surface area (Å²) in [6.07, 6.45) is 13.8. The van der Waals surface area contributed by atoms with Crippen LogP contribution in [0.25, 0.3) is 11.0 Å². The van der Waals surface area contributed by atoms with Crippen LogP contribution >= 0.6 is 23.1 Å². The number of carbonyl (C=O) groups excluding carboxylic acids is 3. The Morgan fingerprint density at radius 3 is 2.48 bits per heavy atom. The number of likely N-dealkylation sites (tertiary alicyclic amines) is 1. The molecule has 3 aromatic carbocycles. The van der Waals surface area contributed by atoms with Crippen molar-refractivity contribution in [3.8, 4) is 17.6 Å². The standard InChI is InChI=1S/C51H57BrFN10O5P/c1-32-26-40(58-50-56-30-37(52)47(60-50)57-39-12-11-38-45(55-20-19-54-38)46(39)69(3,4)67)43(68-2)29-42(32)62-24-17-51(18-25-62)15-22-61(23-16-51)21-9-7-5-6-8-10-33-27-34(53)28-35-36(33)31-63(49(35)66)41-13-14-44(64)59-48(41)65/h11-12,19-20,26-30,41H,5-7,9,13-18,21-25,31H2,1-4H3,(H,59,64,65)(H2,56,57,58,60). The molecule has 4 aliphatic heterocycles. The van der Waals surface area contributed by atoms with Crippen molar-refractivity contribution >= 4 is 86.0 Å². The molecule has 1 atom stereocenters. The monoisotopic (exact) mass is 1020 g/mol. The number of ether oxygens (including phenoxy) is 1. The van der Waals surface area contributed by atoms with E-state index in [9.17, 15) is 23.3 Å². The normalized spacial score (nSPS) is 18.2. The summed E-state index contributed by atoms with van der Waals surface area (Å²) in [6, 6.07) is 9.74. The Bertz CT molecular complexity index is 2940. The van der Waals surface area contributed by atoms with Gasteiger partial charge in [0.2, 0.25) is 17.8 Å². The average Bonchev–Trinajstić information content (AvgIpc) is 3.65. The molecular formula is C51H57BrFN10O5P. The van der Waals surface area contributed by atoms with Gasteiger partial charge in [0, 0.05) is 79.5 Å². The molecule has 3 N–H and O–H groups in total. The molecule has 0 bridgehead atoms. The molecule has 69 heavy (non-hydrogen) atoms. The molecule has 15 nitrogen and oxygen atoms in total. The van der Waals surface area contributed by atoms with E-state index in [-0.39, 0.29) is 30.9 Å². The van der Waals surface area contributed by atoms with E-state index in [4.69, 9.17) is 9.72 Å². The Morgan fingerprint density at radius 1 is 0.957 bits per heavy atom. The summed E-state index contributed by atoms with van der Waals surface area (Å²) in [5, 5.41) is 9.66. The minimum Gasteiger partial charge on any atom is -0.494 e. The number of aryl methyl sites for hydroxylation is 1. The van der Waals surface area contributed by atoms with E-state index in [0.717, 1.165) is 81.8 Å². The molecule has 6 heterocycles. The third kappa shape index (κ3) is 10.5. The molecule has 2 aromatic heterocycles. The SMILES string of the molecule is COc1cc(N2CCC3(CCN(CCCCCC#Cc4cc(F)cc5c4CN(C4CCC(=O)NC4=O)C5=O)CC3)CC2)c(C)cc1Nc1ncc(Br)c(Nc2ccc3nccnc3c2P(C)(C)=O)n1. The van der Waals surface area contributed by atoms with E-state index in [1.54, 1.807) is 39.0 Å². The molecule has 3 amide bonds. The fourth-order valence-electron chi connectivity index (χ4n) is 10.3. The fraction of sp³-hybridized carbons (Fsp3) is 0.431. The second-order valence-corrected chi connectivity index (χ2v) is 23.0. The van der Waals surface area contributed by atoms with Crippen LogP contribution in [0.5, 0.6) is 5.75 Å². The van der Waals surface area contributed by atoms with Gasteiger partial charge in [0.25, 0.3) is 5.91 Å². The highest BCUT2D eigenvalue weighted by atomic mass is 79.9. The van der Waals surface area contributed by atoms with Crippen molar-refractivity contribution < 1.29 is 28.1 Å². The number of amides is 3. The molecule has 3 saturated heterocycles. The first-order valence-corrected chi connectivity index (χ1v) is 27.1. The summed E-state index contributed by atoms with van der Waals surface area (Å²) in [6.45, 7) is 11.0. The number of anilines is 5. The third-order valence-electron chi connectivity index (χ3n) is 14.1. The number of nitrogens with zero attached hydrogens (tertiary/aromatic N) is 7. The number of piperidine rings is 3. The van der Waals surface area contributed by atoms with E-state index in [1.165, 1.54) is 29.9 Å². The van der Waals surface area contributed by atoms with Gasteiger partial charge in [-0.3, -0.25) is 29.7 Å². The Kier molecular flexibility index (Phi) is 14.1. The summed E-state index contributed by atoms with van der Waals surface area (Å²) in [5.74, 6) is 6.10. The van der Waals surface area contributed by atoms with Gasteiger partial charge in [-0.15, -0.1) is 0 Å². The predicted molar refractivity (Wildman–Crippen MR) is 270 cm³/mol. The lowest BCUT2D eigenvalue weighted by Crippen LogP contribution is -2.52. The van der Waals surface area contributed by atoms with Gasteiger partial charge in [-0.25, -0.2) is 9.37 Å². The number of methoxy groups -OCH3 is 1. The summed E-state index contributed by atoms with van der Waals surface area (Å²) < 4.78 is 34.7. The van der Waals surface area contributed by atoms with Crippen LogP contribution in [-0.2, 0) is 20.7 Å². The van der Waals surface area contributed by atoms with Gasteiger partial charge in [0.05, 0.1) is 33.8 Å².